The van der Waals surface area contributed by atoms with Gasteiger partial charge in [-0.05, 0) is 12.9 Å². The van der Waals surface area contributed by atoms with E-state index in [0.29, 0.717) is 0 Å². The van der Waals surface area contributed by atoms with Crippen LogP contribution in [0, 0.1) is 5.92 Å². The summed E-state index contributed by atoms with van der Waals surface area (Å²) in [6.45, 7) is 0.0156. The normalized spacial score (nSPS) is 16.8. The molecule has 4 heterocycles. The second-order valence-electron chi connectivity index (χ2n) is 8.60. The molecule has 19 heteroatoms. The zero-order valence-corrected chi connectivity index (χ0v) is 24.9. The number of rotatable bonds is 16. The predicted octanol–water partition coefficient (Wildman–Crippen LogP) is 0.169. The highest BCUT2D eigenvalue weighted by atomic mass is 32.1. The minimum Gasteiger partial charge on any atom is -0.383 e. The maximum atomic E-state index is 12.1. The predicted molar refractivity (Wildman–Crippen MR) is 151 cm³/mol. The van der Waals surface area contributed by atoms with Gasteiger partial charge in [0.2, 0.25) is 11.6 Å². The summed E-state index contributed by atoms with van der Waals surface area (Å²) in [5.41, 5.74) is -0.618. The molecule has 16 nitrogen and oxygen atoms in total. The number of fused-ring (bicyclic) bond motifs is 2. The van der Waals surface area contributed by atoms with Crippen molar-refractivity contribution >= 4 is 43.0 Å². The van der Waals surface area contributed by atoms with Gasteiger partial charge in [0.25, 0.3) is 11.1 Å². The Kier molecular flexibility index (Phi) is 11.4. The maximum Gasteiger partial charge on any atom is 0.258 e. The fraction of sp³-hybridized carbons (Fsp3) is 0.455. The average molecular weight is 633 g/mol. The first-order chi connectivity index (χ1) is 19.9. The lowest BCUT2D eigenvalue weighted by atomic mass is 10.0. The molecule has 3 unspecified atom stereocenters. The van der Waals surface area contributed by atoms with Crippen molar-refractivity contribution in [1.82, 2.24) is 27.9 Å². The minimum atomic E-state index is -1.44. The number of ether oxygens (including phenoxy) is 2. The Morgan fingerprint density at radius 2 is 1.56 bits per heavy atom. The lowest BCUT2D eigenvalue weighted by molar-refractivity contribution is -0.166. The van der Waals surface area contributed by atoms with Crippen LogP contribution in [0.5, 0.6) is 0 Å². The third-order valence-corrected chi connectivity index (χ3v) is 7.35. The van der Waals surface area contributed by atoms with Crippen LogP contribution in [0.15, 0.2) is 58.9 Å². The zero-order chi connectivity index (χ0) is 29.5. The number of thiol groups is 1. The summed E-state index contributed by atoms with van der Waals surface area (Å²) in [7, 11) is 4.25. The Balaban J connectivity index is 1.46. The van der Waals surface area contributed by atoms with Gasteiger partial charge in [-0.2, -0.15) is 0 Å². The molecule has 41 heavy (non-hydrogen) atoms. The number of aromatic nitrogens is 6. The molecule has 224 valence electrons. The molecule has 4 aromatic heterocycles. The molecule has 0 radical (unpaired) electrons. The van der Waals surface area contributed by atoms with E-state index in [-0.39, 0.29) is 35.9 Å². The monoisotopic (exact) mass is 632 g/mol. The van der Waals surface area contributed by atoms with Crippen LogP contribution >= 0.6 is 31.4 Å². The molecule has 0 aromatic carbocycles. The van der Waals surface area contributed by atoms with Crippen molar-refractivity contribution in [3.8, 4) is 0 Å². The standard InChI is InChI=1S/C22H30N6O10P2S/c1-33-14(12-35-39)13(18(32)27-7-3-15(29)25-9-5-23-21(25)27)11-36-40-37-20(34-2)17(31)19(38-41)28-8-4-16(30)26-10-6-24-22(26)28/h3-10,13-14,17-20,31-32,40-41H,11-12,39H2,1-2H3/t13-,14-,17+,18-,19-,20?/m1/s1. The molecular weight excluding hydrogens is 602 g/mol. The Labute approximate surface area is 242 Å². The van der Waals surface area contributed by atoms with Crippen LogP contribution in [0.4, 0.5) is 0 Å². The molecule has 0 saturated heterocycles. The van der Waals surface area contributed by atoms with Gasteiger partial charge in [0, 0.05) is 73.0 Å². The van der Waals surface area contributed by atoms with Gasteiger partial charge < -0.3 is 33.3 Å². The third-order valence-electron chi connectivity index (χ3n) is 6.33. The molecule has 0 aliphatic rings. The van der Waals surface area contributed by atoms with Crippen LogP contribution in [0.3, 0.4) is 0 Å². The number of hydrogen-bond acceptors (Lipinski definition) is 13. The number of nitrogens with zero attached hydrogens (tertiary/aromatic N) is 6. The maximum absolute atomic E-state index is 12.1. The average Bonchev–Trinajstić information content (AvgIpc) is 3.67. The lowest BCUT2D eigenvalue weighted by Crippen LogP contribution is -2.39. The van der Waals surface area contributed by atoms with Crippen LogP contribution in [0.25, 0.3) is 11.6 Å². The number of hydrogen-bond donors (Lipinski definition) is 3. The fourth-order valence-electron chi connectivity index (χ4n) is 4.24. The number of methoxy groups -OCH3 is 2. The molecule has 4 aromatic rings. The van der Waals surface area contributed by atoms with Crippen LogP contribution in [0.1, 0.15) is 12.5 Å². The van der Waals surface area contributed by atoms with Crippen LogP contribution in [0.2, 0.25) is 0 Å². The van der Waals surface area contributed by atoms with Crippen molar-refractivity contribution in [3.63, 3.8) is 0 Å². The lowest BCUT2D eigenvalue weighted by Gasteiger charge is -2.31. The molecule has 0 aliphatic carbocycles. The Morgan fingerprint density at radius 3 is 2.12 bits per heavy atom. The summed E-state index contributed by atoms with van der Waals surface area (Å²) in [6.07, 6.45) is 2.95. The summed E-state index contributed by atoms with van der Waals surface area (Å²) in [5, 5.41) is 22.3. The van der Waals surface area contributed by atoms with Crippen molar-refractivity contribution in [2.75, 3.05) is 27.4 Å². The third kappa shape index (κ3) is 6.87. The molecule has 0 amide bonds. The van der Waals surface area contributed by atoms with Gasteiger partial charge in [0.05, 0.1) is 25.2 Å². The fourth-order valence-corrected chi connectivity index (χ4v) is 5.31. The highest BCUT2D eigenvalue weighted by molar-refractivity contribution is 7.75. The molecule has 8 atom stereocenters. The van der Waals surface area contributed by atoms with Crippen molar-refractivity contribution in [2.24, 2.45) is 5.92 Å². The highest BCUT2D eigenvalue weighted by Gasteiger charge is 2.34. The quantitative estimate of drug-likeness (QED) is 0.0503. The first-order valence-corrected chi connectivity index (χ1v) is 13.7. The van der Waals surface area contributed by atoms with E-state index in [1.54, 1.807) is 0 Å². The molecule has 0 saturated carbocycles. The first-order valence-electron chi connectivity index (χ1n) is 12.0. The van der Waals surface area contributed by atoms with E-state index in [0.717, 1.165) is 0 Å². The van der Waals surface area contributed by atoms with E-state index in [9.17, 15) is 19.8 Å². The smallest absolute Gasteiger partial charge is 0.258 e. The summed E-state index contributed by atoms with van der Waals surface area (Å²) in [5.74, 6) is -0.282. The number of aliphatic hydroxyl groups is 2. The second-order valence-corrected chi connectivity index (χ2v) is 9.84. The zero-order valence-electron chi connectivity index (χ0n) is 21.9. The molecule has 4 rings (SSSR count). The number of imidazole rings is 2. The van der Waals surface area contributed by atoms with E-state index < -0.39 is 45.9 Å². The van der Waals surface area contributed by atoms with E-state index >= 15 is 0 Å². The molecule has 0 fully saturated rings. The van der Waals surface area contributed by atoms with Crippen LogP contribution < -0.4 is 11.1 Å². The molecule has 0 bridgehead atoms. The van der Waals surface area contributed by atoms with Crippen molar-refractivity contribution < 1.29 is 37.4 Å². The Hall–Kier alpha value is -2.27. The van der Waals surface area contributed by atoms with Crippen molar-refractivity contribution in [3.05, 3.63) is 70.0 Å². The van der Waals surface area contributed by atoms with Gasteiger partial charge in [-0.15, -0.1) is 0 Å². The van der Waals surface area contributed by atoms with Gasteiger partial charge in [0.15, 0.2) is 27.7 Å². The van der Waals surface area contributed by atoms with Crippen molar-refractivity contribution in [2.45, 2.75) is 31.0 Å². The second kappa shape index (κ2) is 14.8. The first kappa shape index (κ1) is 31.7. The highest BCUT2D eigenvalue weighted by Crippen LogP contribution is 2.30. The van der Waals surface area contributed by atoms with E-state index in [1.807, 2.05) is 0 Å². The summed E-state index contributed by atoms with van der Waals surface area (Å²) in [6, 6.07) is 2.59. The summed E-state index contributed by atoms with van der Waals surface area (Å²) in [4.78, 5) is 32.5. The SMILES string of the molecule is COC(OPOC[C@@H]([C@@H](O)n1ccc(=O)n2ccnc12)[C@@H](COP)OC)[C@@H](O)[C@@H](OS)n1ccc(=O)n2ccnc12. The van der Waals surface area contributed by atoms with Gasteiger partial charge in [-0.25, -0.2) is 9.97 Å². The minimum absolute atomic E-state index is 0.0847. The number of aliphatic hydroxyl groups excluding tert-OH is 2. The summed E-state index contributed by atoms with van der Waals surface area (Å²) >= 11 is 3.89. The molecule has 2 N–H and O–H groups in total. The summed E-state index contributed by atoms with van der Waals surface area (Å²) < 4.78 is 38.0. The van der Waals surface area contributed by atoms with Crippen molar-refractivity contribution in [1.29, 1.82) is 0 Å². The topological polar surface area (TPSA) is 174 Å². The van der Waals surface area contributed by atoms with E-state index in [1.165, 1.54) is 81.5 Å². The molecule has 0 aliphatic heterocycles. The molecular formula is C22H30N6O10P2S. The largest absolute Gasteiger partial charge is 0.383 e. The van der Waals surface area contributed by atoms with E-state index in [2.05, 4.69) is 32.3 Å². The Morgan fingerprint density at radius 1 is 0.951 bits per heavy atom. The van der Waals surface area contributed by atoms with Gasteiger partial charge in [-0.1, -0.05) is 0 Å². The van der Waals surface area contributed by atoms with Gasteiger partial charge >= 0.3 is 0 Å². The molecule has 0 spiro atoms. The van der Waals surface area contributed by atoms with Gasteiger partial charge in [0.1, 0.15) is 6.23 Å². The van der Waals surface area contributed by atoms with E-state index in [4.69, 9.17) is 27.2 Å². The van der Waals surface area contributed by atoms with Crippen LogP contribution in [-0.2, 0) is 27.2 Å². The van der Waals surface area contributed by atoms with Crippen LogP contribution in [-0.4, -0.2) is 84.0 Å². The van der Waals surface area contributed by atoms with Gasteiger partial charge in [-0.3, -0.25) is 31.7 Å². The Bertz CT molecular complexity index is 1530.